The van der Waals surface area contributed by atoms with Crippen LogP contribution in [-0.2, 0) is 10.2 Å². The molecule has 0 aliphatic rings. The van der Waals surface area contributed by atoms with Gasteiger partial charge in [-0.1, -0.05) is 0 Å². The monoisotopic (exact) mass is 238 g/mol. The Morgan fingerprint density at radius 1 is 1.27 bits per heavy atom. The van der Waals surface area contributed by atoms with E-state index < -0.39 is 15.7 Å². The van der Waals surface area contributed by atoms with Crippen LogP contribution in [0, 0.1) is 0 Å². The maximum Gasteiger partial charge on any atom is 0.282 e. The van der Waals surface area contributed by atoms with Gasteiger partial charge >= 0.3 is 0 Å². The Hall–Kier alpha value is -0.170. The van der Waals surface area contributed by atoms with Crippen molar-refractivity contribution in [3.63, 3.8) is 0 Å². The van der Waals surface area contributed by atoms with E-state index in [1.807, 2.05) is 0 Å². The maximum atomic E-state index is 12.0. The number of aliphatic hydroxyl groups is 1. The van der Waals surface area contributed by atoms with Crippen LogP contribution in [0.15, 0.2) is 0 Å². The molecule has 92 valence electrons. The van der Waals surface area contributed by atoms with Crippen LogP contribution in [0.3, 0.4) is 0 Å². The van der Waals surface area contributed by atoms with E-state index in [-0.39, 0.29) is 12.6 Å². The molecule has 6 heteroatoms. The highest BCUT2D eigenvalue weighted by Crippen LogP contribution is 2.19. The molecule has 0 unspecified atom stereocenters. The Labute approximate surface area is 92.9 Å². The van der Waals surface area contributed by atoms with E-state index in [0.29, 0.717) is 0 Å². The predicted molar refractivity (Wildman–Crippen MR) is 60.7 cm³/mol. The van der Waals surface area contributed by atoms with Crippen LogP contribution in [-0.4, -0.2) is 54.4 Å². The lowest BCUT2D eigenvalue weighted by Gasteiger charge is -2.36. The molecule has 0 aliphatic heterocycles. The van der Waals surface area contributed by atoms with Crippen LogP contribution >= 0.6 is 0 Å². The summed E-state index contributed by atoms with van der Waals surface area (Å²) in [5.74, 6) is 0. The lowest BCUT2D eigenvalue weighted by atomic mass is 10.1. The van der Waals surface area contributed by atoms with Crippen LogP contribution in [0.25, 0.3) is 0 Å². The van der Waals surface area contributed by atoms with Crippen LogP contribution in [0.4, 0.5) is 0 Å². The zero-order valence-electron chi connectivity index (χ0n) is 10.4. The van der Waals surface area contributed by atoms with Gasteiger partial charge in [0.15, 0.2) is 0 Å². The molecule has 1 N–H and O–H groups in total. The summed E-state index contributed by atoms with van der Waals surface area (Å²) in [7, 11) is -0.493. The highest BCUT2D eigenvalue weighted by atomic mass is 32.2. The van der Waals surface area contributed by atoms with Gasteiger partial charge in [-0.05, 0) is 27.7 Å². The van der Waals surface area contributed by atoms with Gasteiger partial charge in [-0.3, -0.25) is 0 Å². The Morgan fingerprint density at radius 3 is 1.93 bits per heavy atom. The van der Waals surface area contributed by atoms with E-state index in [9.17, 15) is 8.42 Å². The molecule has 0 radical (unpaired) electrons. The zero-order chi connectivity index (χ0) is 12.4. The van der Waals surface area contributed by atoms with Crippen LogP contribution in [0.2, 0.25) is 0 Å². The molecular formula is C9H22N2O3S. The highest BCUT2D eigenvalue weighted by Gasteiger charge is 2.35. The number of rotatable bonds is 5. The lowest BCUT2D eigenvalue weighted by Crippen LogP contribution is -2.53. The summed E-state index contributed by atoms with van der Waals surface area (Å²) >= 11 is 0. The summed E-state index contributed by atoms with van der Waals surface area (Å²) in [6, 6.07) is -0.105. The summed E-state index contributed by atoms with van der Waals surface area (Å²) in [6.45, 7) is 6.75. The quantitative estimate of drug-likeness (QED) is 0.748. The fourth-order valence-corrected chi connectivity index (χ4v) is 2.47. The molecule has 0 heterocycles. The number of hydrogen-bond donors (Lipinski definition) is 1. The average molecular weight is 238 g/mol. The fraction of sp³-hybridized carbons (Fsp3) is 1.00. The minimum absolute atomic E-state index is 0.105. The van der Waals surface area contributed by atoms with Crippen molar-refractivity contribution >= 4 is 10.2 Å². The van der Waals surface area contributed by atoms with E-state index in [4.69, 9.17) is 5.11 Å². The molecule has 0 spiro atoms. The van der Waals surface area contributed by atoms with E-state index in [1.54, 1.807) is 27.7 Å². The van der Waals surface area contributed by atoms with Crippen molar-refractivity contribution in [2.75, 3.05) is 20.7 Å². The summed E-state index contributed by atoms with van der Waals surface area (Å²) in [4.78, 5) is 0. The molecule has 0 bridgehead atoms. The van der Waals surface area contributed by atoms with Crippen molar-refractivity contribution in [2.24, 2.45) is 0 Å². The first-order valence-corrected chi connectivity index (χ1v) is 6.30. The van der Waals surface area contributed by atoms with Gasteiger partial charge in [-0.2, -0.15) is 17.0 Å². The molecule has 0 aromatic rings. The summed E-state index contributed by atoms with van der Waals surface area (Å²) in [5, 5.41) is 9.12. The molecule has 0 atom stereocenters. The number of nitrogens with zero attached hydrogens (tertiary/aromatic N) is 2. The smallest absolute Gasteiger partial charge is 0.282 e. The summed E-state index contributed by atoms with van der Waals surface area (Å²) in [6.07, 6.45) is 0. The third-order valence-electron chi connectivity index (χ3n) is 2.68. The Kier molecular flexibility index (Phi) is 4.72. The van der Waals surface area contributed by atoms with Gasteiger partial charge < -0.3 is 5.11 Å². The van der Waals surface area contributed by atoms with Gasteiger partial charge in [0.05, 0.1) is 12.1 Å². The first-order chi connectivity index (χ1) is 6.57. The molecule has 0 saturated heterocycles. The third-order valence-corrected chi connectivity index (χ3v) is 5.01. The molecule has 0 aromatic carbocycles. The molecule has 15 heavy (non-hydrogen) atoms. The zero-order valence-corrected chi connectivity index (χ0v) is 11.2. The normalized spacial score (nSPS) is 14.3. The number of likely N-dealkylation sites (N-methyl/N-ethyl adjacent to an activating group) is 1. The van der Waals surface area contributed by atoms with Crippen molar-refractivity contribution < 1.29 is 13.5 Å². The molecule has 0 saturated carbocycles. The fourth-order valence-electron chi connectivity index (χ4n) is 0.871. The van der Waals surface area contributed by atoms with Crippen LogP contribution in [0.5, 0.6) is 0 Å². The number of hydrogen-bond acceptors (Lipinski definition) is 3. The Bertz CT molecular complexity index is 298. The van der Waals surface area contributed by atoms with Gasteiger partial charge in [0.2, 0.25) is 0 Å². The first-order valence-electron chi connectivity index (χ1n) is 4.90. The second kappa shape index (κ2) is 4.78. The predicted octanol–water partition coefficient (Wildman–Crippen LogP) is 0.274. The Morgan fingerprint density at radius 2 is 1.67 bits per heavy atom. The van der Waals surface area contributed by atoms with E-state index in [2.05, 4.69) is 0 Å². The third kappa shape index (κ3) is 3.14. The topological polar surface area (TPSA) is 60.9 Å². The lowest BCUT2D eigenvalue weighted by molar-refractivity contribution is 0.131. The molecule has 0 fully saturated rings. The second-order valence-electron chi connectivity index (χ2n) is 4.56. The first kappa shape index (κ1) is 14.8. The van der Waals surface area contributed by atoms with Crippen LogP contribution in [0.1, 0.15) is 27.7 Å². The van der Waals surface area contributed by atoms with Crippen molar-refractivity contribution in [3.8, 4) is 0 Å². The molecule has 0 aromatic heterocycles. The molecule has 0 aliphatic carbocycles. The van der Waals surface area contributed by atoms with E-state index in [0.717, 1.165) is 0 Å². The average Bonchev–Trinajstić information content (AvgIpc) is 2.15. The highest BCUT2D eigenvalue weighted by molar-refractivity contribution is 7.86. The van der Waals surface area contributed by atoms with Crippen molar-refractivity contribution in [1.29, 1.82) is 0 Å². The molecular weight excluding hydrogens is 216 g/mol. The van der Waals surface area contributed by atoms with Gasteiger partial charge in [0, 0.05) is 20.1 Å². The minimum Gasteiger partial charge on any atom is -0.394 e. The maximum absolute atomic E-state index is 12.0. The van der Waals surface area contributed by atoms with Crippen molar-refractivity contribution in [1.82, 2.24) is 8.61 Å². The van der Waals surface area contributed by atoms with Gasteiger partial charge in [-0.15, -0.1) is 0 Å². The standard InChI is InChI=1S/C9H22N2O3S/c1-8(2)10(5)15(13,14)11(6)9(3,4)7-12/h8,12H,7H2,1-6H3. The largest absolute Gasteiger partial charge is 0.394 e. The van der Waals surface area contributed by atoms with Gasteiger partial charge in [0.25, 0.3) is 10.2 Å². The van der Waals surface area contributed by atoms with E-state index >= 15 is 0 Å². The summed E-state index contributed by atoms with van der Waals surface area (Å²) in [5.41, 5.74) is -0.790. The van der Waals surface area contributed by atoms with Crippen molar-refractivity contribution in [3.05, 3.63) is 0 Å². The second-order valence-corrected chi connectivity index (χ2v) is 6.58. The summed E-state index contributed by atoms with van der Waals surface area (Å²) < 4.78 is 26.5. The van der Waals surface area contributed by atoms with Gasteiger partial charge in [-0.25, -0.2) is 0 Å². The molecule has 5 nitrogen and oxygen atoms in total. The van der Waals surface area contributed by atoms with Gasteiger partial charge in [0.1, 0.15) is 0 Å². The minimum atomic E-state index is -3.50. The Balaban J connectivity index is 5.06. The van der Waals surface area contributed by atoms with Crippen LogP contribution < -0.4 is 0 Å². The SMILES string of the molecule is CC(C)N(C)S(=O)(=O)N(C)C(C)(C)CO. The molecule has 0 amide bonds. The van der Waals surface area contributed by atoms with E-state index in [1.165, 1.54) is 22.7 Å². The molecule has 0 rings (SSSR count). The number of aliphatic hydroxyl groups excluding tert-OH is 1. The van der Waals surface area contributed by atoms with Crippen molar-refractivity contribution in [2.45, 2.75) is 39.3 Å².